The van der Waals surface area contributed by atoms with Gasteiger partial charge in [-0.1, -0.05) is 88.5 Å². The van der Waals surface area contributed by atoms with Crippen molar-refractivity contribution in [3.63, 3.8) is 0 Å². The first-order chi connectivity index (χ1) is 59.5. The molecule has 2 aliphatic heterocycles. The number of carboxylic acids is 2. The summed E-state index contributed by atoms with van der Waals surface area (Å²) in [5.74, 6) is -13.1. The van der Waals surface area contributed by atoms with E-state index in [1.807, 2.05) is 0 Å². The number of alkyl halides is 1. The lowest BCUT2D eigenvalue weighted by molar-refractivity contribution is -0.142. The predicted octanol–water partition coefficient (Wildman–Crippen LogP) is -4.70. The molecule has 2 fully saturated rings. The molecule has 0 spiro atoms. The van der Waals surface area contributed by atoms with Crippen molar-refractivity contribution in [2.75, 3.05) is 116 Å². The number of amides is 16. The van der Waals surface area contributed by atoms with Gasteiger partial charge in [0.15, 0.2) is 11.9 Å². The largest absolute Gasteiger partial charge is 0.481 e. The van der Waals surface area contributed by atoms with Crippen LogP contribution in [0.5, 0.6) is 0 Å². The number of hydrogen-bond donors (Lipinski definition) is 21. The van der Waals surface area contributed by atoms with Crippen molar-refractivity contribution >= 4 is 129 Å². The van der Waals surface area contributed by atoms with Crippen LogP contribution in [0.3, 0.4) is 0 Å². The minimum atomic E-state index is -1.75. The predicted molar refractivity (Wildman–Crippen MR) is 449 cm³/mol. The van der Waals surface area contributed by atoms with E-state index in [2.05, 4.69) is 113 Å². The van der Waals surface area contributed by atoms with E-state index in [1.165, 1.54) is 9.58 Å². The monoisotopic (exact) mass is 1860 g/mol. The van der Waals surface area contributed by atoms with Crippen molar-refractivity contribution in [1.29, 1.82) is 10.8 Å². The van der Waals surface area contributed by atoms with Gasteiger partial charge in [-0.05, 0) is 92.6 Å². The Hall–Kier alpha value is -12.2. The first kappa shape index (κ1) is 102. The second-order valence-electron chi connectivity index (χ2n) is 28.4. The lowest BCUT2D eigenvalue weighted by Gasteiger charge is -2.28. The van der Waals surface area contributed by atoms with Gasteiger partial charge in [0.1, 0.15) is 42.8 Å². The summed E-state index contributed by atoms with van der Waals surface area (Å²) < 4.78 is 24.9. The van der Waals surface area contributed by atoms with Gasteiger partial charge in [-0.25, -0.2) is 24.3 Å². The summed E-state index contributed by atoms with van der Waals surface area (Å²) >= 11 is 2.29. The minimum Gasteiger partial charge on any atom is -0.481 e. The van der Waals surface area contributed by atoms with Crippen molar-refractivity contribution < 1.29 is 106 Å². The van der Waals surface area contributed by atoms with Gasteiger partial charge in [0.05, 0.1) is 104 Å². The molecule has 3 aromatic rings. The summed E-state index contributed by atoms with van der Waals surface area (Å²) in [4.78, 5) is 217. The highest BCUT2D eigenvalue weighted by Crippen LogP contribution is 2.14. The fourth-order valence-electron chi connectivity index (χ4n) is 12.0. The Kier molecular flexibility index (Phi) is 48.5. The smallest absolute Gasteiger partial charge is 0.337 e. The van der Waals surface area contributed by atoms with Crippen LogP contribution in [0.1, 0.15) is 120 Å². The summed E-state index contributed by atoms with van der Waals surface area (Å²) in [7, 11) is 0. The number of hydrogen-bond acceptors (Lipinski definition) is 24. The maximum atomic E-state index is 14.3. The summed E-state index contributed by atoms with van der Waals surface area (Å²) in [6.45, 7) is -0.639. The number of carboxylic acid groups (broad SMARTS) is 2. The highest BCUT2D eigenvalue weighted by molar-refractivity contribution is 14.1. The number of nitrogens with one attached hydrogen (secondary N) is 17. The van der Waals surface area contributed by atoms with Gasteiger partial charge < -0.3 is 115 Å². The van der Waals surface area contributed by atoms with E-state index in [9.17, 15) is 86.9 Å². The lowest BCUT2D eigenvalue weighted by Crippen LogP contribution is -2.59. The number of guanidine groups is 2. The Labute approximate surface area is 728 Å². The van der Waals surface area contributed by atoms with Crippen LogP contribution in [-0.4, -0.2) is 299 Å². The van der Waals surface area contributed by atoms with Crippen LogP contribution in [-0.2, 0) is 112 Å². The molecule has 16 amide bonds. The third kappa shape index (κ3) is 43.5. The zero-order chi connectivity index (χ0) is 90.4. The van der Waals surface area contributed by atoms with E-state index in [0.29, 0.717) is 11.1 Å². The second kappa shape index (κ2) is 58.7. The number of benzene rings is 2. The third-order valence-electron chi connectivity index (χ3n) is 18.4. The first-order valence-electron chi connectivity index (χ1n) is 40.6. The highest BCUT2D eigenvalue weighted by atomic mass is 127. The van der Waals surface area contributed by atoms with Crippen LogP contribution in [0.2, 0.25) is 0 Å². The molecule has 1 aromatic heterocycles. The number of aliphatic carboxylic acids is 2. The van der Waals surface area contributed by atoms with E-state index in [1.54, 1.807) is 66.9 Å². The molecule has 47 nitrogen and oxygen atoms in total. The van der Waals surface area contributed by atoms with Gasteiger partial charge in [0.25, 0.3) is 11.8 Å². The molecule has 5 rings (SSSR count). The van der Waals surface area contributed by atoms with Crippen molar-refractivity contribution in [3.05, 3.63) is 83.7 Å². The lowest BCUT2D eigenvalue weighted by atomic mass is 10.1. The molecule has 0 bridgehead atoms. The summed E-state index contributed by atoms with van der Waals surface area (Å²) in [5, 5.41) is 77.3. The van der Waals surface area contributed by atoms with E-state index in [0.717, 1.165) is 33.0 Å². The highest BCUT2D eigenvalue weighted by Gasteiger charge is 2.35. The molecule has 48 heteroatoms. The van der Waals surface area contributed by atoms with Crippen LogP contribution in [0.15, 0.2) is 66.9 Å². The number of aromatic nitrogens is 3. The number of hydrazine groups is 2. The van der Waals surface area contributed by atoms with Crippen LogP contribution in [0.25, 0.3) is 0 Å². The fourth-order valence-corrected chi connectivity index (χ4v) is 12.4. The zero-order valence-corrected chi connectivity index (χ0v) is 71.1. The van der Waals surface area contributed by atoms with Crippen LogP contribution < -0.4 is 91.4 Å². The molecule has 0 radical (unpaired) electrons. The summed E-state index contributed by atoms with van der Waals surface area (Å²) in [5.41, 5.74) is 17.4. The zero-order valence-electron chi connectivity index (χ0n) is 69.0. The van der Waals surface area contributed by atoms with Gasteiger partial charge in [-0.2, -0.15) is 0 Å². The summed E-state index contributed by atoms with van der Waals surface area (Å²) in [6, 6.07) is 5.35. The molecular formula is C76H116IN25O22. The normalized spacial score (nSPS) is 17.7. The molecule has 6 atom stereocenters. The van der Waals surface area contributed by atoms with E-state index >= 15 is 0 Å². The number of ether oxygens (including phenoxy) is 4. The molecule has 2 aromatic carbocycles. The number of halogens is 1. The van der Waals surface area contributed by atoms with Gasteiger partial charge in [-0.15, -0.1) is 5.10 Å². The van der Waals surface area contributed by atoms with Gasteiger partial charge in [-0.3, -0.25) is 88.8 Å². The maximum absolute atomic E-state index is 14.3. The van der Waals surface area contributed by atoms with Crippen LogP contribution in [0, 0.1) is 10.8 Å². The molecule has 3 heterocycles. The van der Waals surface area contributed by atoms with Crippen molar-refractivity contribution in [1.82, 2.24) is 110 Å². The molecule has 0 unspecified atom stereocenters. The van der Waals surface area contributed by atoms with Gasteiger partial charge >= 0.3 is 24.0 Å². The molecular weight excluding hydrogens is 1740 g/mol. The molecule has 684 valence electrons. The Morgan fingerprint density at radius 2 is 0.871 bits per heavy atom. The van der Waals surface area contributed by atoms with Crippen LogP contribution >= 0.6 is 22.6 Å². The number of nitrogens with zero attached hydrogens (tertiary/aromatic N) is 6. The standard InChI is InChI=1S/C76H116IN25O22/c77-26-11-18-52-48-100(98-95-52)49-63(107)84-31-35-122-37-39-124-41-40-123-38-36-121-34-25-64(108)99(32-23-59(103)82-27-9-7-19-55-69(115)91-53(21-12-29-85-73(78)79)67(113)87-44-61(105)89-57(42-65(109)110)71(117)96-101(75(119)93-55)46-50-14-3-1-4-15-50)33-24-60(104)83-28-10-8-20-56-70(116)92-54(22-13-30-86-74(80)81)68(114)88-45-62(106)90-58(43-66(111)112)72(118)97-102(76(120)94-56)47-51-16-5-2-6-17-51/h1-6,14-17,48,53-58H,7-13,18-47,49H2,(H,82,103)(H,83,104)(H,84,107)(H,87,113)(H,88,114)(H,89,105)(H,90,106)(H,91,115)(H,92,116)(H,93,119)(H,94,120)(H,96,117)(H,97,118)(H,109,110)(H,111,112)(H4,78,79,85)(H4,80,81,86)/t53-,54-,55-,56-,57-,58-/m0/s1. The average molecular weight is 1860 g/mol. The number of urea groups is 2. The minimum absolute atomic E-state index is 0.00134. The van der Waals surface area contributed by atoms with E-state index < -0.39 is 151 Å². The Morgan fingerprint density at radius 3 is 1.30 bits per heavy atom. The molecule has 0 saturated carbocycles. The number of nitrogens with two attached hydrogens (primary N) is 2. The Morgan fingerprint density at radius 1 is 0.468 bits per heavy atom. The Balaban J connectivity index is 1.23. The number of rotatable bonds is 52. The molecule has 0 aliphatic carbocycles. The first-order valence-corrected chi connectivity index (χ1v) is 42.1. The number of aryl methyl sites for hydroxylation is 1. The average Bonchev–Trinajstić information content (AvgIpc) is 1.35. The quantitative estimate of drug-likeness (QED) is 0.00830. The topological polar surface area (TPSA) is 671 Å². The van der Waals surface area contributed by atoms with Gasteiger partial charge in [0.2, 0.25) is 59.1 Å². The van der Waals surface area contributed by atoms with Crippen molar-refractivity contribution in [2.24, 2.45) is 11.5 Å². The van der Waals surface area contributed by atoms with Gasteiger partial charge in [0, 0.05) is 64.9 Å². The molecule has 2 aliphatic rings. The second-order valence-corrected chi connectivity index (χ2v) is 29.5. The number of unbranched alkanes of at least 4 members (excludes halogenated alkanes) is 2. The maximum Gasteiger partial charge on any atom is 0.337 e. The number of carbonyl (C=O) groups is 16. The Bertz CT molecular complexity index is 3790. The van der Waals surface area contributed by atoms with Crippen molar-refractivity contribution in [3.8, 4) is 0 Å². The van der Waals surface area contributed by atoms with Crippen molar-refractivity contribution in [2.45, 2.75) is 165 Å². The number of carbonyl (C=O) groups excluding carboxylic acids is 14. The fraction of sp³-hybridized carbons (Fsp3) is 0.579. The summed E-state index contributed by atoms with van der Waals surface area (Å²) in [6.07, 6.45) is 1.44. The molecule has 124 heavy (non-hydrogen) atoms. The molecule has 2 saturated heterocycles. The van der Waals surface area contributed by atoms with Crippen LogP contribution in [0.4, 0.5) is 9.59 Å². The SMILES string of the molecule is N=C(N)NCCC[C@@H]1NC(=O)[C@H](CCCCNC(=O)CCN(CCC(=O)NCCCC[C@@H]2NC(=O)N(Cc3ccccc3)NC(=O)[C@H](CC(=O)O)NC(=O)CNC(=O)[C@H](CCCNC(=N)N)NC2=O)C(=O)CCOCCOCCOCCOCCNC(=O)Cn2cc(CCCI)nn2)NC(=O)N(Cc2ccccc2)NC(=O)[C@H](CC(=O)O)NC(=O)CNC1=O. The van der Waals surface area contributed by atoms with E-state index in [4.69, 9.17) is 41.2 Å². The van der Waals surface area contributed by atoms with E-state index in [-0.39, 0.29) is 220 Å². The molecule has 23 N–H and O–H groups in total. The third-order valence-corrected chi connectivity index (χ3v) is 19.1.